The highest BCUT2D eigenvalue weighted by molar-refractivity contribution is 7.97. The van der Waals surface area contributed by atoms with Crippen molar-refractivity contribution < 1.29 is 4.79 Å². The first-order valence-electron chi connectivity index (χ1n) is 10.2. The molecule has 0 heterocycles. The van der Waals surface area contributed by atoms with Crippen LogP contribution in [0.4, 0.5) is 0 Å². The number of thiol groups is 1. The number of rotatable bonds is 10. The molecule has 1 aliphatic carbocycles. The molecule has 25 heavy (non-hydrogen) atoms. The van der Waals surface area contributed by atoms with Crippen LogP contribution in [0.1, 0.15) is 89.2 Å². The summed E-state index contributed by atoms with van der Waals surface area (Å²) in [5.74, 6) is 0.724. The Kier molecular flexibility index (Phi) is 8.81. The van der Waals surface area contributed by atoms with Crippen LogP contribution >= 0.6 is 12.6 Å². The van der Waals surface area contributed by atoms with Crippen LogP contribution in [0.2, 0.25) is 0 Å². The van der Waals surface area contributed by atoms with Crippen molar-refractivity contribution in [2.75, 3.05) is 0 Å². The average Bonchev–Trinajstić information content (AvgIpc) is 2.62. The van der Waals surface area contributed by atoms with Crippen LogP contribution in [0.25, 0.3) is 5.57 Å². The Morgan fingerprint density at radius 2 is 1.72 bits per heavy atom. The summed E-state index contributed by atoms with van der Waals surface area (Å²) in [6.07, 6.45) is 13.3. The molecule has 0 spiro atoms. The smallest absolute Gasteiger partial charge is 0.212 e. The number of hydrogen-bond donors (Lipinski definition) is 1. The lowest BCUT2D eigenvalue weighted by Gasteiger charge is -2.26. The molecule has 0 fully saturated rings. The fourth-order valence-corrected chi connectivity index (χ4v) is 4.17. The van der Waals surface area contributed by atoms with Gasteiger partial charge in [-0.15, -0.1) is 12.6 Å². The lowest BCUT2D eigenvalue weighted by atomic mass is 9.79. The molecule has 1 aromatic rings. The van der Waals surface area contributed by atoms with Gasteiger partial charge in [-0.1, -0.05) is 76.6 Å². The lowest BCUT2D eigenvalue weighted by Crippen LogP contribution is -2.13. The summed E-state index contributed by atoms with van der Waals surface area (Å²) in [7, 11) is 0. The maximum absolute atomic E-state index is 12.0. The standard InChI is InChI=1S/C23H34OS/c1-3-5-7-9-18-11-14-20(15-12-18)22-17-19(10-8-6-4-2)13-16-21(22)23(24)25/h11-12,14-15,19H,3-10,13,16-17H2,1-2H3,(H,24,25). The number of carbonyl (C=O) groups is 1. The highest BCUT2D eigenvalue weighted by Gasteiger charge is 2.24. The second-order valence-corrected chi connectivity index (χ2v) is 7.93. The molecule has 2 heteroatoms. The van der Waals surface area contributed by atoms with Gasteiger partial charge in [0.2, 0.25) is 5.12 Å². The summed E-state index contributed by atoms with van der Waals surface area (Å²) in [6, 6.07) is 8.95. The van der Waals surface area contributed by atoms with E-state index in [0.29, 0.717) is 0 Å². The molecule has 0 aliphatic heterocycles. The van der Waals surface area contributed by atoms with Gasteiger partial charge < -0.3 is 0 Å². The molecule has 2 rings (SSSR count). The summed E-state index contributed by atoms with van der Waals surface area (Å²) in [5.41, 5.74) is 4.85. The number of hydrogen-bond acceptors (Lipinski definition) is 1. The number of allylic oxidation sites excluding steroid dienone is 1. The summed E-state index contributed by atoms with van der Waals surface area (Å²) in [5, 5.41) is -0.0333. The van der Waals surface area contributed by atoms with Crippen molar-refractivity contribution in [3.63, 3.8) is 0 Å². The van der Waals surface area contributed by atoms with E-state index in [1.54, 1.807) is 0 Å². The molecular weight excluding hydrogens is 324 g/mol. The van der Waals surface area contributed by atoms with Crippen molar-refractivity contribution >= 4 is 23.3 Å². The predicted molar refractivity (Wildman–Crippen MR) is 112 cm³/mol. The average molecular weight is 359 g/mol. The highest BCUT2D eigenvalue weighted by Crippen LogP contribution is 2.38. The second kappa shape index (κ2) is 10.9. The third kappa shape index (κ3) is 6.33. The largest absolute Gasteiger partial charge is 0.282 e. The van der Waals surface area contributed by atoms with Crippen molar-refractivity contribution in [1.82, 2.24) is 0 Å². The molecule has 1 nitrogen and oxygen atoms in total. The van der Waals surface area contributed by atoms with Gasteiger partial charge in [0.25, 0.3) is 0 Å². The van der Waals surface area contributed by atoms with E-state index in [0.717, 1.165) is 37.2 Å². The Balaban J connectivity index is 2.09. The number of benzene rings is 1. The molecule has 0 bridgehead atoms. The molecule has 1 atom stereocenters. The zero-order chi connectivity index (χ0) is 18.1. The fraction of sp³-hybridized carbons (Fsp3) is 0.609. The molecule has 1 aromatic carbocycles. The molecule has 0 aromatic heterocycles. The van der Waals surface area contributed by atoms with Gasteiger partial charge >= 0.3 is 0 Å². The second-order valence-electron chi connectivity index (χ2n) is 7.52. The molecule has 0 saturated carbocycles. The lowest BCUT2D eigenvalue weighted by molar-refractivity contribution is -0.107. The van der Waals surface area contributed by atoms with Crippen LogP contribution in [-0.2, 0) is 11.2 Å². The number of aryl methyl sites for hydroxylation is 1. The maximum Gasteiger partial charge on any atom is 0.212 e. The van der Waals surface area contributed by atoms with Gasteiger partial charge in [-0.3, -0.25) is 4.79 Å². The van der Waals surface area contributed by atoms with Crippen LogP contribution < -0.4 is 0 Å². The Morgan fingerprint density at radius 3 is 2.36 bits per heavy atom. The topological polar surface area (TPSA) is 17.1 Å². The van der Waals surface area contributed by atoms with Gasteiger partial charge in [-0.05, 0) is 54.7 Å². The molecule has 0 N–H and O–H groups in total. The molecule has 0 saturated heterocycles. The van der Waals surface area contributed by atoms with Crippen LogP contribution in [0.5, 0.6) is 0 Å². The van der Waals surface area contributed by atoms with Gasteiger partial charge in [0.05, 0.1) is 0 Å². The van der Waals surface area contributed by atoms with Crippen LogP contribution in [0, 0.1) is 5.92 Å². The Hall–Kier alpha value is -1.02. The van der Waals surface area contributed by atoms with E-state index in [1.807, 2.05) is 0 Å². The van der Waals surface area contributed by atoms with Crippen molar-refractivity contribution in [3.8, 4) is 0 Å². The van der Waals surface area contributed by atoms with E-state index in [4.69, 9.17) is 0 Å². The maximum atomic E-state index is 12.0. The highest BCUT2D eigenvalue weighted by atomic mass is 32.1. The summed E-state index contributed by atoms with van der Waals surface area (Å²) in [4.78, 5) is 12.0. The number of carbonyl (C=O) groups excluding carboxylic acids is 1. The minimum absolute atomic E-state index is 0.0333. The quantitative estimate of drug-likeness (QED) is 0.351. The third-order valence-corrected chi connectivity index (χ3v) is 5.78. The van der Waals surface area contributed by atoms with Gasteiger partial charge in [0, 0.05) is 5.57 Å². The molecule has 138 valence electrons. The van der Waals surface area contributed by atoms with E-state index in [-0.39, 0.29) is 5.12 Å². The summed E-state index contributed by atoms with van der Waals surface area (Å²) in [6.45, 7) is 4.50. The monoisotopic (exact) mass is 358 g/mol. The minimum Gasteiger partial charge on any atom is -0.282 e. The normalized spacial score (nSPS) is 17.8. The zero-order valence-corrected chi connectivity index (χ0v) is 16.9. The third-order valence-electron chi connectivity index (χ3n) is 5.51. The Labute approximate surface area is 159 Å². The van der Waals surface area contributed by atoms with Gasteiger partial charge in [-0.25, -0.2) is 0 Å². The fourth-order valence-electron chi connectivity index (χ4n) is 3.92. The summed E-state index contributed by atoms with van der Waals surface area (Å²) >= 11 is 4.15. The molecule has 1 unspecified atom stereocenters. The van der Waals surface area contributed by atoms with Crippen molar-refractivity contribution in [1.29, 1.82) is 0 Å². The predicted octanol–water partition coefficient (Wildman–Crippen LogP) is 7.01. The Morgan fingerprint density at radius 1 is 1.04 bits per heavy atom. The first kappa shape index (κ1) is 20.3. The van der Waals surface area contributed by atoms with Gasteiger partial charge in [-0.2, -0.15) is 0 Å². The zero-order valence-electron chi connectivity index (χ0n) is 16.0. The van der Waals surface area contributed by atoms with Gasteiger partial charge in [0.15, 0.2) is 0 Å². The first-order valence-corrected chi connectivity index (χ1v) is 10.6. The van der Waals surface area contributed by atoms with Crippen molar-refractivity contribution in [2.45, 2.75) is 84.5 Å². The molecule has 0 amide bonds. The summed E-state index contributed by atoms with van der Waals surface area (Å²) < 4.78 is 0. The van der Waals surface area contributed by atoms with Crippen molar-refractivity contribution in [3.05, 3.63) is 41.0 Å². The minimum atomic E-state index is -0.0333. The van der Waals surface area contributed by atoms with E-state index < -0.39 is 0 Å². The SMILES string of the molecule is CCCCCc1ccc(C2=C(C(=O)S)CCC(CCCCC)C2)cc1. The van der Waals surface area contributed by atoms with Crippen LogP contribution in [0.3, 0.4) is 0 Å². The number of unbranched alkanes of at least 4 members (excludes halogenated alkanes) is 4. The van der Waals surface area contributed by atoms with Crippen LogP contribution in [-0.4, -0.2) is 5.12 Å². The van der Waals surface area contributed by atoms with Crippen LogP contribution in [0.15, 0.2) is 29.8 Å². The van der Waals surface area contributed by atoms with E-state index in [2.05, 4.69) is 50.7 Å². The molecular formula is C23H34OS. The molecule has 1 aliphatic rings. The Bertz CT molecular complexity index is 570. The first-order chi connectivity index (χ1) is 12.2. The van der Waals surface area contributed by atoms with E-state index in [9.17, 15) is 4.79 Å². The van der Waals surface area contributed by atoms with Gasteiger partial charge in [0.1, 0.15) is 0 Å². The molecule has 0 radical (unpaired) electrons. The van der Waals surface area contributed by atoms with Crippen molar-refractivity contribution in [2.24, 2.45) is 5.92 Å². The van der Waals surface area contributed by atoms with E-state index in [1.165, 1.54) is 61.6 Å². The van der Waals surface area contributed by atoms with E-state index >= 15 is 0 Å².